The number of amides is 1. The van der Waals surface area contributed by atoms with Gasteiger partial charge in [-0.1, -0.05) is 25.7 Å². The first-order valence-corrected chi connectivity index (χ1v) is 7.21. The van der Waals surface area contributed by atoms with E-state index in [1.807, 2.05) is 0 Å². The van der Waals surface area contributed by atoms with Crippen molar-refractivity contribution in [1.29, 1.82) is 0 Å². The SMILES string of the molecule is O=C(O)[C@H]1CCCN1C(=O)CCCC1CCCC1. The number of hydrogen-bond donors (Lipinski definition) is 1. The first-order valence-electron chi connectivity index (χ1n) is 7.21. The molecule has 102 valence electrons. The van der Waals surface area contributed by atoms with Gasteiger partial charge in [-0.3, -0.25) is 4.79 Å². The molecule has 0 spiro atoms. The summed E-state index contributed by atoms with van der Waals surface area (Å²) in [6.07, 6.45) is 9.34. The summed E-state index contributed by atoms with van der Waals surface area (Å²) < 4.78 is 0. The van der Waals surface area contributed by atoms with Crippen molar-refractivity contribution in [1.82, 2.24) is 4.90 Å². The molecule has 1 N–H and O–H groups in total. The minimum Gasteiger partial charge on any atom is -0.480 e. The molecule has 2 rings (SSSR count). The van der Waals surface area contributed by atoms with Gasteiger partial charge in [0.15, 0.2) is 0 Å². The summed E-state index contributed by atoms with van der Waals surface area (Å²) in [5.74, 6) is 0.00110. The van der Waals surface area contributed by atoms with Crippen molar-refractivity contribution >= 4 is 11.9 Å². The van der Waals surface area contributed by atoms with Crippen LogP contribution in [0.1, 0.15) is 57.8 Å². The molecule has 4 heteroatoms. The number of likely N-dealkylation sites (tertiary alicyclic amines) is 1. The Kier molecular flexibility index (Phi) is 4.61. The molecule has 0 aromatic carbocycles. The Morgan fingerprint density at radius 3 is 2.50 bits per heavy atom. The topological polar surface area (TPSA) is 57.6 Å². The van der Waals surface area contributed by atoms with E-state index in [4.69, 9.17) is 5.11 Å². The van der Waals surface area contributed by atoms with Crippen LogP contribution in [-0.4, -0.2) is 34.5 Å². The highest BCUT2D eigenvalue weighted by atomic mass is 16.4. The number of carbonyl (C=O) groups excluding carboxylic acids is 1. The van der Waals surface area contributed by atoms with E-state index in [1.165, 1.54) is 25.7 Å². The third-order valence-corrected chi connectivity index (χ3v) is 4.34. The fraction of sp³-hybridized carbons (Fsp3) is 0.857. The van der Waals surface area contributed by atoms with E-state index in [1.54, 1.807) is 4.90 Å². The van der Waals surface area contributed by atoms with Crippen molar-refractivity contribution in [2.75, 3.05) is 6.54 Å². The fourth-order valence-electron chi connectivity index (χ4n) is 3.31. The molecule has 1 saturated heterocycles. The van der Waals surface area contributed by atoms with Crippen LogP contribution in [0.15, 0.2) is 0 Å². The standard InChI is InChI=1S/C14H23NO3/c16-13(9-3-7-11-5-1-2-6-11)15-10-4-8-12(15)14(17)18/h11-12H,1-10H2,(H,17,18)/t12-/m1/s1. The van der Waals surface area contributed by atoms with Gasteiger partial charge in [0.1, 0.15) is 6.04 Å². The van der Waals surface area contributed by atoms with E-state index in [2.05, 4.69) is 0 Å². The van der Waals surface area contributed by atoms with Crippen LogP contribution >= 0.6 is 0 Å². The molecule has 1 aliphatic heterocycles. The zero-order valence-electron chi connectivity index (χ0n) is 10.9. The van der Waals surface area contributed by atoms with Crippen molar-refractivity contribution in [3.8, 4) is 0 Å². The lowest BCUT2D eigenvalue weighted by Crippen LogP contribution is -2.40. The van der Waals surface area contributed by atoms with Crippen LogP contribution in [0.4, 0.5) is 0 Å². The minimum absolute atomic E-state index is 0.0397. The maximum Gasteiger partial charge on any atom is 0.326 e. The Morgan fingerprint density at radius 1 is 1.11 bits per heavy atom. The second-order valence-corrected chi connectivity index (χ2v) is 5.63. The molecule has 0 aromatic heterocycles. The number of aliphatic carboxylic acids is 1. The predicted molar refractivity (Wildman–Crippen MR) is 68.2 cm³/mol. The van der Waals surface area contributed by atoms with Crippen LogP contribution in [0.5, 0.6) is 0 Å². The smallest absolute Gasteiger partial charge is 0.326 e. The van der Waals surface area contributed by atoms with E-state index in [0.29, 0.717) is 19.4 Å². The van der Waals surface area contributed by atoms with Crippen LogP contribution in [0.2, 0.25) is 0 Å². The first kappa shape index (κ1) is 13.4. The van der Waals surface area contributed by atoms with Crippen molar-refractivity contribution in [2.24, 2.45) is 5.92 Å². The zero-order valence-corrected chi connectivity index (χ0v) is 10.9. The molecule has 0 unspecified atom stereocenters. The van der Waals surface area contributed by atoms with Crippen molar-refractivity contribution in [3.05, 3.63) is 0 Å². The van der Waals surface area contributed by atoms with Gasteiger partial charge in [-0.2, -0.15) is 0 Å². The highest BCUT2D eigenvalue weighted by Gasteiger charge is 2.33. The van der Waals surface area contributed by atoms with Crippen LogP contribution in [0.25, 0.3) is 0 Å². The normalized spacial score (nSPS) is 24.7. The number of nitrogens with zero attached hydrogens (tertiary/aromatic N) is 1. The molecular weight excluding hydrogens is 230 g/mol. The molecule has 1 atom stereocenters. The minimum atomic E-state index is -0.850. The number of carbonyl (C=O) groups is 2. The van der Waals surface area contributed by atoms with Gasteiger partial charge in [-0.05, 0) is 31.6 Å². The molecule has 0 aromatic rings. The van der Waals surface area contributed by atoms with Crippen LogP contribution in [-0.2, 0) is 9.59 Å². The molecule has 4 nitrogen and oxygen atoms in total. The largest absolute Gasteiger partial charge is 0.480 e. The van der Waals surface area contributed by atoms with Crippen molar-refractivity contribution < 1.29 is 14.7 Å². The van der Waals surface area contributed by atoms with Crippen molar-refractivity contribution in [2.45, 2.75) is 63.8 Å². The lowest BCUT2D eigenvalue weighted by molar-refractivity contribution is -0.148. The zero-order chi connectivity index (χ0) is 13.0. The van der Waals surface area contributed by atoms with Gasteiger partial charge in [0.25, 0.3) is 0 Å². The van der Waals surface area contributed by atoms with Gasteiger partial charge in [-0.15, -0.1) is 0 Å². The lowest BCUT2D eigenvalue weighted by Gasteiger charge is -2.21. The lowest BCUT2D eigenvalue weighted by atomic mass is 10.0. The summed E-state index contributed by atoms with van der Waals surface area (Å²) in [6.45, 7) is 0.624. The van der Waals surface area contributed by atoms with Gasteiger partial charge in [0.2, 0.25) is 5.91 Å². The third-order valence-electron chi connectivity index (χ3n) is 4.34. The Bertz CT molecular complexity index is 310. The highest BCUT2D eigenvalue weighted by Crippen LogP contribution is 2.29. The number of carboxylic acid groups (broad SMARTS) is 1. The van der Waals surface area contributed by atoms with E-state index in [9.17, 15) is 9.59 Å². The summed E-state index contributed by atoms with van der Waals surface area (Å²) in [7, 11) is 0. The quantitative estimate of drug-likeness (QED) is 0.818. The Hall–Kier alpha value is -1.06. The monoisotopic (exact) mass is 253 g/mol. The average molecular weight is 253 g/mol. The van der Waals surface area contributed by atoms with E-state index in [0.717, 1.165) is 25.2 Å². The maximum atomic E-state index is 12.0. The number of hydrogen-bond acceptors (Lipinski definition) is 2. The molecule has 0 bridgehead atoms. The van der Waals surface area contributed by atoms with Gasteiger partial charge < -0.3 is 10.0 Å². The summed E-state index contributed by atoms with van der Waals surface area (Å²) in [5.41, 5.74) is 0. The van der Waals surface area contributed by atoms with Crippen LogP contribution in [0.3, 0.4) is 0 Å². The third kappa shape index (κ3) is 3.24. The second kappa shape index (κ2) is 6.21. The summed E-state index contributed by atoms with van der Waals surface area (Å²) in [4.78, 5) is 24.6. The second-order valence-electron chi connectivity index (χ2n) is 5.63. The van der Waals surface area contributed by atoms with E-state index >= 15 is 0 Å². The Balaban J connectivity index is 1.71. The molecular formula is C14H23NO3. The fourth-order valence-corrected chi connectivity index (χ4v) is 3.31. The molecule has 1 saturated carbocycles. The van der Waals surface area contributed by atoms with Crippen molar-refractivity contribution in [3.63, 3.8) is 0 Å². The average Bonchev–Trinajstić information content (AvgIpc) is 2.99. The van der Waals surface area contributed by atoms with Gasteiger partial charge in [0, 0.05) is 13.0 Å². The summed E-state index contributed by atoms with van der Waals surface area (Å²) in [5, 5.41) is 9.04. The predicted octanol–water partition coefficient (Wildman–Crippen LogP) is 2.42. The highest BCUT2D eigenvalue weighted by molar-refractivity contribution is 5.84. The first-order chi connectivity index (χ1) is 8.68. The van der Waals surface area contributed by atoms with E-state index < -0.39 is 12.0 Å². The molecule has 18 heavy (non-hydrogen) atoms. The number of rotatable bonds is 5. The molecule has 1 aliphatic carbocycles. The van der Waals surface area contributed by atoms with Gasteiger partial charge >= 0.3 is 5.97 Å². The van der Waals surface area contributed by atoms with E-state index in [-0.39, 0.29) is 5.91 Å². The summed E-state index contributed by atoms with van der Waals surface area (Å²) in [6, 6.07) is -0.566. The van der Waals surface area contributed by atoms with Gasteiger partial charge in [-0.25, -0.2) is 4.79 Å². The Morgan fingerprint density at radius 2 is 1.83 bits per heavy atom. The maximum absolute atomic E-state index is 12.0. The molecule has 2 aliphatic rings. The number of carboxylic acids is 1. The molecule has 0 radical (unpaired) electrons. The van der Waals surface area contributed by atoms with Gasteiger partial charge in [0.05, 0.1) is 0 Å². The molecule has 1 amide bonds. The summed E-state index contributed by atoms with van der Waals surface area (Å²) >= 11 is 0. The Labute approximate surface area is 108 Å². The van der Waals surface area contributed by atoms with Crippen LogP contribution in [0, 0.1) is 5.92 Å². The van der Waals surface area contributed by atoms with Crippen LogP contribution < -0.4 is 0 Å². The molecule has 1 heterocycles. The molecule has 2 fully saturated rings.